The Balaban J connectivity index is 2.04. The zero-order chi connectivity index (χ0) is 15.9. The number of nitrogens with zero attached hydrogens (tertiary/aromatic N) is 3. The smallest absolute Gasteiger partial charge is 0.171 e. The van der Waals surface area contributed by atoms with Crippen molar-refractivity contribution in [2.45, 2.75) is 6.10 Å². The van der Waals surface area contributed by atoms with Crippen LogP contribution in [0.25, 0.3) is 11.3 Å². The SMILES string of the molecule is COc1cc(Br)cc(-c2cc(N)n(C)n2)c1OC1CN(C)C1. The molecule has 7 heteroatoms. The number of aryl methyl sites for hydroxylation is 1. The van der Waals surface area contributed by atoms with Gasteiger partial charge in [-0.05, 0) is 19.2 Å². The fourth-order valence-electron chi connectivity index (χ4n) is 2.53. The van der Waals surface area contributed by atoms with Gasteiger partial charge in [0.25, 0.3) is 0 Å². The number of hydrogen-bond donors (Lipinski definition) is 1. The van der Waals surface area contributed by atoms with Crippen LogP contribution in [-0.4, -0.2) is 48.0 Å². The molecular weight excluding hydrogens is 348 g/mol. The highest BCUT2D eigenvalue weighted by Gasteiger charge is 2.28. The maximum absolute atomic E-state index is 6.15. The number of nitrogen functional groups attached to an aromatic ring is 1. The summed E-state index contributed by atoms with van der Waals surface area (Å²) in [6.45, 7) is 1.81. The van der Waals surface area contributed by atoms with E-state index in [0.29, 0.717) is 17.3 Å². The van der Waals surface area contributed by atoms with Gasteiger partial charge in [-0.3, -0.25) is 9.58 Å². The molecule has 22 heavy (non-hydrogen) atoms. The minimum atomic E-state index is 0.167. The molecule has 0 saturated carbocycles. The van der Waals surface area contributed by atoms with Crippen LogP contribution in [0.3, 0.4) is 0 Å². The summed E-state index contributed by atoms with van der Waals surface area (Å²) in [5, 5.41) is 4.45. The van der Waals surface area contributed by atoms with Crippen LogP contribution in [0.1, 0.15) is 0 Å². The summed E-state index contributed by atoms with van der Waals surface area (Å²) in [6, 6.07) is 5.70. The summed E-state index contributed by atoms with van der Waals surface area (Å²) < 4.78 is 14.2. The fraction of sp³-hybridized carbons (Fsp3) is 0.400. The Hall–Kier alpha value is -1.73. The quantitative estimate of drug-likeness (QED) is 0.897. The van der Waals surface area contributed by atoms with E-state index < -0.39 is 0 Å². The summed E-state index contributed by atoms with van der Waals surface area (Å²) in [5.74, 6) is 1.99. The number of hydrogen-bond acceptors (Lipinski definition) is 5. The van der Waals surface area contributed by atoms with Gasteiger partial charge in [-0.2, -0.15) is 5.10 Å². The van der Waals surface area contributed by atoms with E-state index in [1.54, 1.807) is 11.8 Å². The van der Waals surface area contributed by atoms with E-state index >= 15 is 0 Å². The van der Waals surface area contributed by atoms with E-state index in [1.807, 2.05) is 25.2 Å². The first kappa shape index (κ1) is 15.2. The van der Waals surface area contributed by atoms with Crippen LogP contribution in [0, 0.1) is 0 Å². The van der Waals surface area contributed by atoms with Crippen LogP contribution in [0.5, 0.6) is 11.5 Å². The highest BCUT2D eigenvalue weighted by atomic mass is 79.9. The molecule has 2 aromatic rings. The van der Waals surface area contributed by atoms with E-state index in [9.17, 15) is 0 Å². The van der Waals surface area contributed by atoms with E-state index in [2.05, 4.69) is 33.0 Å². The minimum Gasteiger partial charge on any atom is -0.493 e. The topological polar surface area (TPSA) is 65.5 Å². The molecule has 0 spiro atoms. The molecule has 1 aromatic heterocycles. The van der Waals surface area contributed by atoms with Crippen molar-refractivity contribution in [3.63, 3.8) is 0 Å². The first-order chi connectivity index (χ1) is 10.5. The van der Waals surface area contributed by atoms with Crippen LogP contribution >= 0.6 is 15.9 Å². The van der Waals surface area contributed by atoms with E-state index in [0.717, 1.165) is 28.8 Å². The summed E-state index contributed by atoms with van der Waals surface area (Å²) in [4.78, 5) is 2.20. The number of benzene rings is 1. The number of nitrogens with two attached hydrogens (primary N) is 1. The molecule has 118 valence electrons. The lowest BCUT2D eigenvalue weighted by atomic mass is 10.1. The minimum absolute atomic E-state index is 0.167. The molecule has 2 heterocycles. The standard InChI is InChI=1S/C15H19BrN4O2/c1-19-7-10(8-19)22-15-11(4-9(16)5-13(15)21-3)12-6-14(17)20(2)18-12/h4-6,10H,7-8,17H2,1-3H3. The largest absolute Gasteiger partial charge is 0.493 e. The van der Waals surface area contributed by atoms with Gasteiger partial charge in [-0.15, -0.1) is 0 Å². The molecule has 0 amide bonds. The van der Waals surface area contributed by atoms with Gasteiger partial charge in [0, 0.05) is 36.2 Å². The van der Waals surface area contributed by atoms with E-state index in [4.69, 9.17) is 15.2 Å². The number of likely N-dealkylation sites (tertiary alicyclic amines) is 1. The third-order valence-electron chi connectivity index (χ3n) is 3.75. The second kappa shape index (κ2) is 5.81. The molecule has 1 aromatic carbocycles. The van der Waals surface area contributed by atoms with Gasteiger partial charge in [-0.25, -0.2) is 0 Å². The van der Waals surface area contributed by atoms with Gasteiger partial charge in [0.2, 0.25) is 0 Å². The lowest BCUT2D eigenvalue weighted by molar-refractivity contribution is 0.0374. The lowest BCUT2D eigenvalue weighted by Gasteiger charge is -2.36. The molecule has 0 radical (unpaired) electrons. The highest BCUT2D eigenvalue weighted by molar-refractivity contribution is 9.10. The Bertz CT molecular complexity index is 676. The monoisotopic (exact) mass is 366 g/mol. The van der Waals surface area contributed by atoms with Crippen molar-refractivity contribution in [1.29, 1.82) is 0 Å². The molecule has 0 aliphatic carbocycles. The van der Waals surface area contributed by atoms with Crippen LogP contribution < -0.4 is 15.2 Å². The number of halogens is 1. The average molecular weight is 367 g/mol. The number of rotatable bonds is 4. The maximum atomic E-state index is 6.15. The van der Waals surface area contributed by atoms with Crippen LogP contribution in [0.4, 0.5) is 5.82 Å². The average Bonchev–Trinajstić information content (AvgIpc) is 2.78. The first-order valence-electron chi connectivity index (χ1n) is 7.00. The van der Waals surface area contributed by atoms with Crippen LogP contribution in [0.15, 0.2) is 22.7 Å². The Morgan fingerprint density at radius 3 is 2.55 bits per heavy atom. The van der Waals surface area contributed by atoms with Gasteiger partial charge >= 0.3 is 0 Å². The Kier molecular flexibility index (Phi) is 4.01. The van der Waals surface area contributed by atoms with Gasteiger partial charge in [0.1, 0.15) is 11.9 Å². The third kappa shape index (κ3) is 2.78. The second-order valence-corrected chi connectivity index (χ2v) is 6.44. The van der Waals surface area contributed by atoms with Gasteiger partial charge in [-0.1, -0.05) is 15.9 Å². The molecular formula is C15H19BrN4O2. The van der Waals surface area contributed by atoms with Crippen molar-refractivity contribution in [3.8, 4) is 22.8 Å². The van der Waals surface area contributed by atoms with Crippen molar-refractivity contribution in [3.05, 3.63) is 22.7 Å². The molecule has 2 N–H and O–H groups in total. The van der Waals surface area contributed by atoms with Gasteiger partial charge in [0.15, 0.2) is 11.5 Å². The zero-order valence-electron chi connectivity index (χ0n) is 12.8. The molecule has 3 rings (SSSR count). The van der Waals surface area contributed by atoms with Crippen molar-refractivity contribution < 1.29 is 9.47 Å². The Labute approximate surface area is 137 Å². The van der Waals surface area contributed by atoms with Crippen molar-refractivity contribution in [2.24, 2.45) is 7.05 Å². The molecule has 1 saturated heterocycles. The van der Waals surface area contributed by atoms with Crippen molar-refractivity contribution >= 4 is 21.7 Å². The Morgan fingerprint density at radius 2 is 2.00 bits per heavy atom. The van der Waals surface area contributed by atoms with Crippen LogP contribution in [0.2, 0.25) is 0 Å². The number of ether oxygens (including phenoxy) is 2. The first-order valence-corrected chi connectivity index (χ1v) is 7.80. The summed E-state index contributed by atoms with van der Waals surface area (Å²) in [6.07, 6.45) is 0.167. The van der Waals surface area contributed by atoms with Gasteiger partial charge in [0.05, 0.1) is 12.8 Å². The summed E-state index contributed by atoms with van der Waals surface area (Å²) in [5.41, 5.74) is 7.54. The maximum Gasteiger partial charge on any atom is 0.171 e. The second-order valence-electron chi connectivity index (χ2n) is 5.52. The van der Waals surface area contributed by atoms with E-state index in [-0.39, 0.29) is 6.10 Å². The molecule has 0 unspecified atom stereocenters. The van der Waals surface area contributed by atoms with Crippen molar-refractivity contribution in [1.82, 2.24) is 14.7 Å². The molecule has 0 bridgehead atoms. The predicted molar refractivity (Wildman–Crippen MR) is 89.2 cm³/mol. The summed E-state index contributed by atoms with van der Waals surface area (Å²) in [7, 11) is 5.52. The molecule has 0 atom stereocenters. The normalized spacial score (nSPS) is 15.6. The number of anilines is 1. The van der Waals surface area contributed by atoms with Crippen LogP contribution in [-0.2, 0) is 7.05 Å². The molecule has 1 aliphatic heterocycles. The van der Waals surface area contributed by atoms with Crippen molar-refractivity contribution in [2.75, 3.05) is 33.0 Å². The van der Waals surface area contributed by atoms with E-state index in [1.165, 1.54) is 0 Å². The fourth-order valence-corrected chi connectivity index (χ4v) is 2.97. The summed E-state index contributed by atoms with van der Waals surface area (Å²) >= 11 is 3.51. The number of aromatic nitrogens is 2. The molecule has 1 aliphatic rings. The lowest BCUT2D eigenvalue weighted by Crippen LogP contribution is -2.51. The number of methoxy groups -OCH3 is 1. The highest BCUT2D eigenvalue weighted by Crippen LogP contribution is 2.41. The number of likely N-dealkylation sites (N-methyl/N-ethyl adjacent to an activating group) is 1. The van der Waals surface area contributed by atoms with Gasteiger partial charge < -0.3 is 15.2 Å². The third-order valence-corrected chi connectivity index (χ3v) is 4.20. The Morgan fingerprint density at radius 1 is 1.27 bits per heavy atom. The molecule has 1 fully saturated rings. The predicted octanol–water partition coefficient (Wildman–Crippen LogP) is 2.13. The molecule has 6 nitrogen and oxygen atoms in total. The zero-order valence-corrected chi connectivity index (χ0v) is 14.4.